The van der Waals surface area contributed by atoms with Crippen LogP contribution >= 0.6 is 56.7 Å². The van der Waals surface area contributed by atoms with Crippen molar-refractivity contribution >= 4 is 56.7 Å². The Labute approximate surface area is 520 Å². The molecule has 5 aromatic heterocycles. The molecule has 0 amide bonds. The normalized spacial score (nSPS) is 13.6. The molecule has 0 radical (unpaired) electrons. The molecule has 0 fully saturated rings. The molecule has 0 saturated carbocycles. The third-order valence-corrected chi connectivity index (χ3v) is 25.2. The van der Waals surface area contributed by atoms with E-state index in [9.17, 15) is 0 Å². The summed E-state index contributed by atoms with van der Waals surface area (Å²) in [6.45, 7) is 9.32. The Bertz CT molecular complexity index is 3210. The molecule has 5 heteroatoms. The lowest BCUT2D eigenvalue weighted by Crippen LogP contribution is -2.25. The van der Waals surface area contributed by atoms with Crippen molar-refractivity contribution in [2.24, 2.45) is 0 Å². The van der Waals surface area contributed by atoms with Gasteiger partial charge in [-0.2, -0.15) is 0 Å². The van der Waals surface area contributed by atoms with E-state index in [0.29, 0.717) is 0 Å². The zero-order valence-corrected chi connectivity index (χ0v) is 54.8. The van der Waals surface area contributed by atoms with Crippen molar-refractivity contribution in [1.29, 1.82) is 0 Å². The molecule has 4 aromatic carbocycles. The lowest BCUT2D eigenvalue weighted by Gasteiger charge is -2.33. The summed E-state index contributed by atoms with van der Waals surface area (Å²) in [5.74, 6) is 0. The van der Waals surface area contributed by atoms with E-state index in [0.717, 1.165) is 0 Å². The first kappa shape index (κ1) is 60.1. The fourth-order valence-electron chi connectivity index (χ4n) is 14.4. The second-order valence-electron chi connectivity index (χ2n) is 24.7. The molecule has 11 rings (SSSR count). The Hall–Kier alpha value is -4.62. The predicted molar refractivity (Wildman–Crippen MR) is 373 cm³/mol. The number of rotatable bonds is 34. The summed E-state index contributed by atoms with van der Waals surface area (Å²) in [4.78, 5) is 13.6. The summed E-state index contributed by atoms with van der Waals surface area (Å²) in [7, 11) is 0. The second-order valence-corrected chi connectivity index (χ2v) is 30.1. The lowest BCUT2D eigenvalue weighted by atomic mass is 9.70. The Balaban J connectivity index is 0.785. The van der Waals surface area contributed by atoms with Gasteiger partial charge in [-0.25, -0.2) is 0 Å². The maximum atomic E-state index is 2.63. The second kappa shape index (κ2) is 29.2. The molecule has 0 nitrogen and oxygen atoms in total. The largest absolute Gasteiger partial charge is 0.134 e. The molecule has 9 aromatic rings. The topological polar surface area (TPSA) is 0 Å². The van der Waals surface area contributed by atoms with Crippen molar-refractivity contribution in [2.75, 3.05) is 0 Å². The van der Waals surface area contributed by atoms with Gasteiger partial charge in [0.05, 0.1) is 0 Å². The van der Waals surface area contributed by atoms with Gasteiger partial charge in [0.1, 0.15) is 0 Å². The van der Waals surface area contributed by atoms with E-state index in [-0.39, 0.29) is 10.8 Å². The minimum atomic E-state index is 0.100. The first-order valence-corrected chi connectivity index (χ1v) is 37.1. The van der Waals surface area contributed by atoms with Crippen molar-refractivity contribution in [2.45, 2.75) is 218 Å². The van der Waals surface area contributed by atoms with Gasteiger partial charge in [0, 0.05) is 59.6 Å². The van der Waals surface area contributed by atoms with E-state index in [1.807, 2.05) is 56.7 Å². The van der Waals surface area contributed by atoms with Crippen LogP contribution in [0, 0.1) is 0 Å². The van der Waals surface area contributed by atoms with E-state index >= 15 is 0 Å². The molecule has 0 spiro atoms. The van der Waals surface area contributed by atoms with Gasteiger partial charge in [-0.05, 0) is 154 Å². The first-order valence-electron chi connectivity index (χ1n) is 33.0. The molecular weight excluding hydrogens is 1100 g/mol. The number of hydrogen-bond donors (Lipinski definition) is 0. The van der Waals surface area contributed by atoms with Crippen molar-refractivity contribution in [3.8, 4) is 82.2 Å². The molecule has 83 heavy (non-hydrogen) atoms. The van der Waals surface area contributed by atoms with Crippen LogP contribution in [-0.2, 0) is 10.8 Å². The standard InChI is InChI=1S/C78H92S5/c1-5-9-13-17-21-29-51-77(52-30-22-18-14-10-6-2)63-35-27-25-33-59(63)61-39-37-57(55-65(61)77)67-41-43-69(79-67)71-45-47-73(81-71)75-49-50-76(83-75)74-48-46-72(82-74)70-44-42-68(80-70)58-38-40-62-60-34-26-28-36-64(60)78(66(62)56-58,53-31-23-19-15-11-7-3)54-32-24-20-16-12-8-4/h25-28,33-50,55-56H,5-24,29-32,51-54H2,1-4H3. The highest BCUT2D eigenvalue weighted by Crippen LogP contribution is 2.58. The third kappa shape index (κ3) is 13.5. The van der Waals surface area contributed by atoms with E-state index in [1.54, 1.807) is 22.3 Å². The summed E-state index contributed by atoms with van der Waals surface area (Å²) >= 11 is 9.77. The van der Waals surface area contributed by atoms with E-state index < -0.39 is 0 Å². The van der Waals surface area contributed by atoms with Crippen LogP contribution in [0.3, 0.4) is 0 Å². The van der Waals surface area contributed by atoms with Crippen molar-refractivity contribution < 1.29 is 0 Å². The van der Waals surface area contributed by atoms with Crippen LogP contribution in [0.15, 0.2) is 146 Å². The quantitative estimate of drug-likeness (QED) is 0.0353. The maximum absolute atomic E-state index is 2.63. The SMILES string of the molecule is CCCCCCCCC1(CCCCCCCC)c2ccccc2-c2ccc(-c3ccc(-c4ccc(-c5ccc(-c6ccc(-c7ccc(-c8ccc9c(c8)C(CCCCCCCC)(CCCCCCCC)c8ccccc8-9)s7)s6)s5)s4)s3)cc21. The fraction of sp³-hybridized carbons (Fsp3) is 0.436. The summed E-state index contributed by atoms with van der Waals surface area (Å²) in [5.41, 5.74) is 15.3. The Morgan fingerprint density at radius 2 is 0.470 bits per heavy atom. The first-order chi connectivity index (χ1) is 41.0. The van der Waals surface area contributed by atoms with E-state index in [1.165, 1.54) is 262 Å². The van der Waals surface area contributed by atoms with Crippen LogP contribution in [0.25, 0.3) is 82.2 Å². The van der Waals surface area contributed by atoms with Crippen LogP contribution < -0.4 is 0 Å². The minimum absolute atomic E-state index is 0.100. The van der Waals surface area contributed by atoms with Crippen molar-refractivity contribution in [1.82, 2.24) is 0 Å². The molecule has 0 N–H and O–H groups in total. The van der Waals surface area contributed by atoms with E-state index in [2.05, 4.69) is 173 Å². The van der Waals surface area contributed by atoms with Crippen LogP contribution in [0.2, 0.25) is 0 Å². The van der Waals surface area contributed by atoms with Gasteiger partial charge in [-0.3, -0.25) is 0 Å². The highest BCUT2D eigenvalue weighted by Gasteiger charge is 2.44. The van der Waals surface area contributed by atoms with Crippen LogP contribution in [0.1, 0.15) is 230 Å². The average Bonchev–Trinajstić information content (AvgIpc) is 1.92. The van der Waals surface area contributed by atoms with Gasteiger partial charge in [-0.15, -0.1) is 56.7 Å². The van der Waals surface area contributed by atoms with Gasteiger partial charge in [-0.1, -0.05) is 255 Å². The highest BCUT2D eigenvalue weighted by atomic mass is 32.1. The van der Waals surface area contributed by atoms with Gasteiger partial charge in [0.2, 0.25) is 0 Å². The zero-order valence-electron chi connectivity index (χ0n) is 50.7. The summed E-state index contributed by atoms with van der Waals surface area (Å²) in [6.07, 6.45) is 37.3. The number of hydrogen-bond acceptors (Lipinski definition) is 5. The lowest BCUT2D eigenvalue weighted by molar-refractivity contribution is 0.398. The molecule has 0 saturated heterocycles. The number of thiophene rings is 5. The fourth-order valence-corrected chi connectivity index (χ4v) is 19.8. The maximum Gasteiger partial charge on any atom is 0.0449 e. The van der Waals surface area contributed by atoms with Gasteiger partial charge in [0.15, 0.2) is 0 Å². The van der Waals surface area contributed by atoms with Gasteiger partial charge < -0.3 is 0 Å². The molecule has 2 aliphatic rings. The molecule has 5 heterocycles. The Morgan fingerprint density at radius 3 is 0.771 bits per heavy atom. The molecule has 0 atom stereocenters. The number of unbranched alkanes of at least 4 members (excludes halogenated alkanes) is 20. The van der Waals surface area contributed by atoms with Crippen LogP contribution in [0.5, 0.6) is 0 Å². The van der Waals surface area contributed by atoms with E-state index in [4.69, 9.17) is 0 Å². The Morgan fingerprint density at radius 1 is 0.229 bits per heavy atom. The number of benzene rings is 4. The van der Waals surface area contributed by atoms with Gasteiger partial charge >= 0.3 is 0 Å². The molecule has 0 aliphatic heterocycles. The monoisotopic (exact) mass is 1190 g/mol. The summed E-state index contributed by atoms with van der Waals surface area (Å²) < 4.78 is 0. The molecule has 0 bridgehead atoms. The molecule has 0 unspecified atom stereocenters. The zero-order chi connectivity index (χ0) is 56.9. The van der Waals surface area contributed by atoms with Crippen molar-refractivity contribution in [3.63, 3.8) is 0 Å². The minimum Gasteiger partial charge on any atom is -0.134 e. The third-order valence-electron chi connectivity index (χ3n) is 18.9. The molecule has 434 valence electrons. The summed E-state index contributed by atoms with van der Waals surface area (Å²) in [6, 6.07) is 57.7. The number of fused-ring (bicyclic) bond motifs is 6. The average molecular weight is 1190 g/mol. The molecule has 2 aliphatic carbocycles. The summed E-state index contributed by atoms with van der Waals surface area (Å²) in [5, 5.41) is 0. The predicted octanol–water partition coefficient (Wildman–Crippen LogP) is 27.5. The highest BCUT2D eigenvalue weighted by molar-refractivity contribution is 7.30. The Kier molecular flexibility index (Phi) is 21.1. The van der Waals surface area contributed by atoms with Crippen LogP contribution in [0.4, 0.5) is 0 Å². The smallest absolute Gasteiger partial charge is 0.0449 e. The van der Waals surface area contributed by atoms with Crippen LogP contribution in [-0.4, -0.2) is 0 Å². The van der Waals surface area contributed by atoms with Crippen molar-refractivity contribution in [3.05, 3.63) is 168 Å². The van der Waals surface area contributed by atoms with Gasteiger partial charge in [0.25, 0.3) is 0 Å². The molecular formula is C78H92S5.